The molecular formula is C28H31N9O8. The number of aromatic nitrogens is 6. The van der Waals surface area contributed by atoms with Crippen LogP contribution in [-0.4, -0.2) is 64.5 Å². The lowest BCUT2D eigenvalue weighted by atomic mass is 9.99. The molecule has 17 nitrogen and oxygen atoms in total. The van der Waals surface area contributed by atoms with E-state index in [1.54, 1.807) is 30.5 Å². The molecule has 1 atom stereocenters. The summed E-state index contributed by atoms with van der Waals surface area (Å²) < 4.78 is 13.6. The van der Waals surface area contributed by atoms with Crippen molar-refractivity contribution >= 4 is 23.4 Å². The molecule has 0 aliphatic rings. The van der Waals surface area contributed by atoms with Crippen LogP contribution in [0.15, 0.2) is 60.9 Å². The van der Waals surface area contributed by atoms with Crippen LogP contribution in [0.3, 0.4) is 0 Å². The molecule has 0 spiro atoms. The smallest absolute Gasteiger partial charge is 0.407 e. The average Bonchev–Trinajstić information content (AvgIpc) is 3.63. The maximum Gasteiger partial charge on any atom is 0.407 e. The van der Waals surface area contributed by atoms with Gasteiger partial charge in [0, 0.05) is 36.9 Å². The molecule has 0 saturated heterocycles. The first-order valence-electron chi connectivity index (χ1n) is 13.7. The Morgan fingerprint density at radius 1 is 0.867 bits per heavy atom. The highest BCUT2D eigenvalue weighted by atomic mass is 16.6. The Balaban J connectivity index is 1.40. The third-order valence-corrected chi connectivity index (χ3v) is 6.09. The van der Waals surface area contributed by atoms with Gasteiger partial charge in [-0.05, 0) is 16.5 Å². The van der Waals surface area contributed by atoms with Gasteiger partial charge in [0.25, 0.3) is 11.4 Å². The Morgan fingerprint density at radius 3 is 1.93 bits per heavy atom. The molecule has 0 fully saturated rings. The molecule has 1 N–H and O–H groups in total. The number of esters is 1. The van der Waals surface area contributed by atoms with Gasteiger partial charge < -0.3 is 14.8 Å². The second kappa shape index (κ2) is 14.2. The van der Waals surface area contributed by atoms with Gasteiger partial charge >= 0.3 is 12.1 Å². The van der Waals surface area contributed by atoms with Crippen LogP contribution >= 0.6 is 0 Å². The summed E-state index contributed by atoms with van der Waals surface area (Å²) in [7, 11) is 0. The van der Waals surface area contributed by atoms with E-state index in [4.69, 9.17) is 9.47 Å². The van der Waals surface area contributed by atoms with Gasteiger partial charge in [-0.2, -0.15) is 0 Å². The van der Waals surface area contributed by atoms with Crippen molar-refractivity contribution < 1.29 is 28.9 Å². The Hall–Kier alpha value is -5.74. The third-order valence-electron chi connectivity index (χ3n) is 6.09. The standard InChI is InChI=1S/C28H31N9O8/c1-28(2,3)18-45-27(39)29-25(12-21-15-34(32-30-21)13-19-6-4-8-23(10-19)36(40)41)26(38)44-17-22-16-35(33-31-22)14-20-7-5-9-24(11-20)37(42)43/h4-11,15-16,25H,12-14,17-18H2,1-3H3,(H,29,39)/t25-/m1/s1. The van der Waals surface area contributed by atoms with E-state index < -0.39 is 28.0 Å². The summed E-state index contributed by atoms with van der Waals surface area (Å²) in [5.41, 5.74) is 1.50. The first-order valence-corrected chi connectivity index (χ1v) is 13.7. The number of hydrogen-bond donors (Lipinski definition) is 1. The molecule has 0 radical (unpaired) electrons. The number of carbonyl (C=O) groups excluding carboxylic acids is 2. The highest BCUT2D eigenvalue weighted by molar-refractivity contribution is 5.81. The van der Waals surface area contributed by atoms with E-state index in [1.807, 2.05) is 20.8 Å². The number of amides is 1. The second-order valence-corrected chi connectivity index (χ2v) is 11.3. The summed E-state index contributed by atoms with van der Waals surface area (Å²) in [6.45, 7) is 5.90. The minimum absolute atomic E-state index is 0.0505. The van der Waals surface area contributed by atoms with Gasteiger partial charge in [-0.15, -0.1) is 10.2 Å². The maximum absolute atomic E-state index is 13.1. The number of nitro benzene ring substituents is 2. The fourth-order valence-corrected chi connectivity index (χ4v) is 4.02. The summed E-state index contributed by atoms with van der Waals surface area (Å²) in [5, 5.41) is 40.7. The maximum atomic E-state index is 13.1. The molecule has 2 aromatic carbocycles. The molecule has 2 aromatic heterocycles. The van der Waals surface area contributed by atoms with Crippen LogP contribution in [0.5, 0.6) is 0 Å². The fourth-order valence-electron chi connectivity index (χ4n) is 4.02. The Labute approximate surface area is 256 Å². The minimum atomic E-state index is -1.19. The van der Waals surface area contributed by atoms with Crippen LogP contribution in [-0.2, 0) is 40.4 Å². The van der Waals surface area contributed by atoms with Crippen LogP contribution < -0.4 is 5.32 Å². The van der Waals surface area contributed by atoms with Gasteiger partial charge in [-0.3, -0.25) is 20.2 Å². The van der Waals surface area contributed by atoms with Crippen molar-refractivity contribution in [2.24, 2.45) is 5.41 Å². The molecule has 1 amide bonds. The highest BCUT2D eigenvalue weighted by Crippen LogP contribution is 2.16. The van der Waals surface area contributed by atoms with Crippen molar-refractivity contribution in [1.29, 1.82) is 0 Å². The zero-order chi connectivity index (χ0) is 32.6. The SMILES string of the molecule is CC(C)(C)COC(=O)N[C@H](Cc1cn(Cc2cccc([N+](=O)[O-])c2)nn1)C(=O)OCc1cn(Cc2cccc([N+](=O)[O-])c2)nn1. The summed E-state index contributed by atoms with van der Waals surface area (Å²) in [5.74, 6) is -0.788. The summed E-state index contributed by atoms with van der Waals surface area (Å²) >= 11 is 0. The Bertz CT molecular complexity index is 1680. The molecule has 0 aliphatic carbocycles. The van der Waals surface area contributed by atoms with Gasteiger partial charge in [0.05, 0.1) is 41.4 Å². The van der Waals surface area contributed by atoms with Crippen LogP contribution in [0.1, 0.15) is 43.3 Å². The predicted molar refractivity (Wildman–Crippen MR) is 156 cm³/mol. The molecule has 0 unspecified atom stereocenters. The number of ether oxygens (including phenoxy) is 2. The predicted octanol–water partition coefficient (Wildman–Crippen LogP) is 3.21. The molecule has 17 heteroatoms. The largest absolute Gasteiger partial charge is 0.457 e. The normalized spacial score (nSPS) is 11.9. The van der Waals surface area contributed by atoms with Crippen molar-refractivity contribution in [3.05, 3.63) is 104 Å². The number of alkyl carbamates (subject to hydrolysis) is 1. The summed E-state index contributed by atoms with van der Waals surface area (Å²) in [4.78, 5) is 46.8. The van der Waals surface area contributed by atoms with Crippen molar-refractivity contribution in [2.45, 2.75) is 52.9 Å². The number of nitrogens with one attached hydrogen (secondary N) is 1. The van der Waals surface area contributed by atoms with E-state index in [9.17, 15) is 29.8 Å². The van der Waals surface area contributed by atoms with Gasteiger partial charge in [-0.25, -0.2) is 19.0 Å². The van der Waals surface area contributed by atoms with E-state index in [-0.39, 0.29) is 49.5 Å². The van der Waals surface area contributed by atoms with Crippen LogP contribution in [0.4, 0.5) is 16.2 Å². The van der Waals surface area contributed by atoms with E-state index in [2.05, 4.69) is 25.9 Å². The summed E-state index contributed by atoms with van der Waals surface area (Å²) in [6.07, 6.45) is 2.18. The molecule has 2 heterocycles. The quantitative estimate of drug-likeness (QED) is 0.129. The highest BCUT2D eigenvalue weighted by Gasteiger charge is 2.26. The Kier molecular flexibility index (Phi) is 10.1. The number of non-ortho nitro benzene ring substituents is 2. The topological polar surface area (TPSA) is 212 Å². The molecule has 45 heavy (non-hydrogen) atoms. The number of nitrogens with zero attached hydrogens (tertiary/aromatic N) is 8. The van der Waals surface area contributed by atoms with Gasteiger partial charge in [0.15, 0.2) is 0 Å². The number of carbonyl (C=O) groups is 2. The zero-order valence-corrected chi connectivity index (χ0v) is 24.7. The fraction of sp³-hybridized carbons (Fsp3) is 0.357. The lowest BCUT2D eigenvalue weighted by Gasteiger charge is -2.20. The van der Waals surface area contributed by atoms with Crippen LogP contribution in [0.2, 0.25) is 0 Å². The van der Waals surface area contributed by atoms with Gasteiger partial charge in [0.1, 0.15) is 18.3 Å². The van der Waals surface area contributed by atoms with Crippen molar-refractivity contribution in [3.8, 4) is 0 Å². The van der Waals surface area contributed by atoms with Crippen molar-refractivity contribution in [1.82, 2.24) is 35.3 Å². The molecule has 0 bridgehead atoms. The zero-order valence-electron chi connectivity index (χ0n) is 24.7. The van der Waals surface area contributed by atoms with Gasteiger partial charge in [0.2, 0.25) is 0 Å². The molecule has 0 saturated carbocycles. The van der Waals surface area contributed by atoms with E-state index in [0.29, 0.717) is 22.5 Å². The number of benzene rings is 2. The number of nitro groups is 2. The van der Waals surface area contributed by atoms with Crippen molar-refractivity contribution in [3.63, 3.8) is 0 Å². The number of rotatable bonds is 13. The molecule has 4 rings (SSSR count). The molecule has 4 aromatic rings. The van der Waals surface area contributed by atoms with E-state index in [1.165, 1.54) is 39.8 Å². The third kappa shape index (κ3) is 9.91. The van der Waals surface area contributed by atoms with Gasteiger partial charge in [-0.1, -0.05) is 55.5 Å². The molecule has 0 aliphatic heterocycles. The monoisotopic (exact) mass is 621 g/mol. The van der Waals surface area contributed by atoms with Crippen molar-refractivity contribution in [2.75, 3.05) is 6.61 Å². The average molecular weight is 622 g/mol. The summed E-state index contributed by atoms with van der Waals surface area (Å²) in [6, 6.07) is 11.0. The Morgan fingerprint density at radius 2 is 1.40 bits per heavy atom. The minimum Gasteiger partial charge on any atom is -0.457 e. The molecule has 236 valence electrons. The first-order chi connectivity index (χ1) is 21.3. The second-order valence-electron chi connectivity index (χ2n) is 11.3. The van der Waals surface area contributed by atoms with Crippen LogP contribution in [0.25, 0.3) is 0 Å². The lowest BCUT2D eigenvalue weighted by Crippen LogP contribution is -2.44. The van der Waals surface area contributed by atoms with Crippen LogP contribution in [0, 0.1) is 25.6 Å². The van der Waals surface area contributed by atoms with E-state index in [0.717, 1.165) is 0 Å². The molecular weight excluding hydrogens is 590 g/mol. The lowest BCUT2D eigenvalue weighted by molar-refractivity contribution is -0.385. The first kappa shape index (κ1) is 32.2. The number of hydrogen-bond acceptors (Lipinski definition) is 12. The van der Waals surface area contributed by atoms with E-state index >= 15 is 0 Å².